The smallest absolute Gasteiger partial charge is 0.327 e. The van der Waals surface area contributed by atoms with Crippen LogP contribution in [-0.2, 0) is 20.9 Å². The lowest BCUT2D eigenvalue weighted by Gasteiger charge is -2.45. The molecule has 174 valence electrons. The fraction of sp³-hybridized carbons (Fsp3) is 0.565. The minimum Gasteiger partial charge on any atom is -0.481 e. The van der Waals surface area contributed by atoms with Crippen molar-refractivity contribution in [2.24, 2.45) is 5.41 Å². The first kappa shape index (κ1) is 23.7. The molecule has 0 radical (unpaired) electrons. The molecule has 0 aromatic heterocycles. The average molecular weight is 448 g/mol. The maximum absolute atomic E-state index is 13.7. The van der Waals surface area contributed by atoms with Crippen molar-refractivity contribution in [2.45, 2.75) is 71.6 Å². The highest BCUT2D eigenvalue weighted by Gasteiger charge is 2.54. The van der Waals surface area contributed by atoms with Crippen molar-refractivity contribution in [3.63, 3.8) is 0 Å². The molecule has 2 fully saturated rings. The zero-order valence-corrected chi connectivity index (χ0v) is 18.9. The molecule has 8 nitrogen and oxygen atoms in total. The fourth-order valence-electron chi connectivity index (χ4n) is 4.67. The Kier molecular flexibility index (Phi) is 6.57. The van der Waals surface area contributed by atoms with Crippen LogP contribution in [0.15, 0.2) is 24.3 Å². The molecule has 2 atom stereocenters. The van der Waals surface area contributed by atoms with Gasteiger partial charge in [-0.15, -0.1) is 0 Å². The number of rotatable bonds is 7. The van der Waals surface area contributed by atoms with Gasteiger partial charge in [-0.25, -0.2) is 9.18 Å². The first-order valence-electron chi connectivity index (χ1n) is 10.8. The maximum Gasteiger partial charge on any atom is 0.327 e. The van der Waals surface area contributed by atoms with Crippen molar-refractivity contribution in [1.82, 2.24) is 14.7 Å². The van der Waals surface area contributed by atoms with Crippen LogP contribution in [0.2, 0.25) is 0 Å². The van der Waals surface area contributed by atoms with Crippen LogP contribution in [0.3, 0.4) is 0 Å². The van der Waals surface area contributed by atoms with Crippen LogP contribution in [0, 0.1) is 11.2 Å². The van der Waals surface area contributed by atoms with E-state index in [0.29, 0.717) is 18.5 Å². The number of hydrogen-bond acceptors (Lipinski definition) is 4. The van der Waals surface area contributed by atoms with Crippen molar-refractivity contribution >= 4 is 23.8 Å². The Labute approximate surface area is 187 Å². The first-order chi connectivity index (χ1) is 14.9. The number of carbonyl (C=O) groups is 4. The summed E-state index contributed by atoms with van der Waals surface area (Å²) in [6.07, 6.45) is 0.237. The zero-order chi connectivity index (χ0) is 23.8. The van der Waals surface area contributed by atoms with Gasteiger partial charge in [-0.1, -0.05) is 26.0 Å². The van der Waals surface area contributed by atoms with Crippen LogP contribution in [0.4, 0.5) is 9.18 Å². The van der Waals surface area contributed by atoms with E-state index in [1.165, 1.54) is 17.0 Å². The van der Waals surface area contributed by atoms with Gasteiger partial charge in [0.15, 0.2) is 0 Å². The van der Waals surface area contributed by atoms with Gasteiger partial charge in [0.2, 0.25) is 5.91 Å². The molecule has 2 aliphatic heterocycles. The number of carboxylic acids is 1. The van der Waals surface area contributed by atoms with Crippen LogP contribution in [0.25, 0.3) is 0 Å². The molecule has 2 aliphatic rings. The Morgan fingerprint density at radius 2 is 1.91 bits per heavy atom. The molecule has 0 aliphatic carbocycles. The highest BCUT2D eigenvalue weighted by atomic mass is 19.1. The number of carboxylic acid groups (broad SMARTS) is 1. The molecule has 1 aromatic rings. The number of benzene rings is 1. The van der Waals surface area contributed by atoms with Gasteiger partial charge in [0.25, 0.3) is 5.91 Å². The number of amides is 4. The third-order valence-corrected chi connectivity index (χ3v) is 6.05. The molecule has 4 amide bonds. The van der Waals surface area contributed by atoms with E-state index < -0.39 is 47.3 Å². The average Bonchev–Trinajstić information content (AvgIpc) is 3.09. The van der Waals surface area contributed by atoms with Crippen molar-refractivity contribution in [3.8, 4) is 0 Å². The third-order valence-electron chi connectivity index (χ3n) is 6.05. The van der Waals surface area contributed by atoms with E-state index in [4.69, 9.17) is 5.11 Å². The normalized spacial score (nSPS) is 21.4. The van der Waals surface area contributed by atoms with E-state index in [0.717, 1.165) is 4.90 Å². The number of fused-ring (bicyclic) bond motifs is 1. The number of aliphatic carboxylic acids is 1. The standard InChI is InChI=1S/C23H30FN3O5/c1-14(2)27-21(31)20-17(26(22(27)32)13-15-6-5-7-16(24)10-15)8-9-25(20)18(28)11-23(3,4)12-19(29)30/h5-7,10,14,17,20H,8-9,11-13H2,1-4H3,(H,29,30)/t17-,20-/m1/s1. The van der Waals surface area contributed by atoms with E-state index >= 15 is 0 Å². The Morgan fingerprint density at radius 1 is 1.22 bits per heavy atom. The van der Waals surface area contributed by atoms with Gasteiger partial charge >= 0.3 is 12.0 Å². The first-order valence-corrected chi connectivity index (χ1v) is 10.8. The summed E-state index contributed by atoms with van der Waals surface area (Å²) in [5.74, 6) is -2.13. The summed E-state index contributed by atoms with van der Waals surface area (Å²) in [7, 11) is 0. The highest BCUT2D eigenvalue weighted by molar-refractivity contribution is 6.02. The lowest BCUT2D eigenvalue weighted by atomic mass is 9.85. The molecule has 1 N–H and O–H groups in total. The van der Waals surface area contributed by atoms with Gasteiger partial charge < -0.3 is 14.9 Å². The quantitative estimate of drug-likeness (QED) is 0.693. The summed E-state index contributed by atoms with van der Waals surface area (Å²) in [6.45, 7) is 7.29. The monoisotopic (exact) mass is 447 g/mol. The van der Waals surface area contributed by atoms with Crippen LogP contribution >= 0.6 is 0 Å². The van der Waals surface area contributed by atoms with Gasteiger partial charge in [-0.05, 0) is 43.4 Å². The summed E-state index contributed by atoms with van der Waals surface area (Å²) in [5, 5.41) is 9.12. The van der Waals surface area contributed by atoms with Gasteiger partial charge in [-0.3, -0.25) is 19.3 Å². The van der Waals surface area contributed by atoms with Crippen LogP contribution in [0.5, 0.6) is 0 Å². The summed E-state index contributed by atoms with van der Waals surface area (Å²) < 4.78 is 13.7. The molecule has 0 bridgehead atoms. The van der Waals surface area contributed by atoms with Crippen molar-refractivity contribution < 1.29 is 28.7 Å². The number of nitrogens with zero attached hydrogens (tertiary/aromatic N) is 3. The second-order valence-electron chi connectivity index (χ2n) is 9.64. The Hall–Kier alpha value is -2.97. The van der Waals surface area contributed by atoms with E-state index in [1.54, 1.807) is 44.7 Å². The van der Waals surface area contributed by atoms with Crippen molar-refractivity contribution in [1.29, 1.82) is 0 Å². The third kappa shape index (κ3) is 4.76. The Balaban J connectivity index is 1.89. The minimum atomic E-state index is -0.992. The molecule has 1 aromatic carbocycles. The predicted molar refractivity (Wildman–Crippen MR) is 114 cm³/mol. The van der Waals surface area contributed by atoms with Gasteiger partial charge in [-0.2, -0.15) is 0 Å². The predicted octanol–water partition coefficient (Wildman–Crippen LogP) is 2.86. The molecule has 32 heavy (non-hydrogen) atoms. The number of imide groups is 1. The van der Waals surface area contributed by atoms with E-state index in [1.807, 2.05) is 0 Å². The molecular weight excluding hydrogens is 417 g/mol. The SMILES string of the molecule is CC(C)N1C(=O)[C@H]2[C@@H](CCN2C(=O)CC(C)(C)CC(=O)O)N(Cc2cccc(F)c2)C1=O. The summed E-state index contributed by atoms with van der Waals surface area (Å²) >= 11 is 0. The van der Waals surface area contributed by atoms with Gasteiger partial charge in [0.05, 0.1) is 12.5 Å². The molecular formula is C23H30FN3O5. The maximum atomic E-state index is 13.7. The van der Waals surface area contributed by atoms with Crippen LogP contribution < -0.4 is 0 Å². The molecule has 2 saturated heterocycles. The summed E-state index contributed by atoms with van der Waals surface area (Å²) in [5.41, 5.74) is -0.171. The Morgan fingerprint density at radius 3 is 2.50 bits per heavy atom. The summed E-state index contributed by atoms with van der Waals surface area (Å²) in [6, 6.07) is 3.75. The van der Waals surface area contributed by atoms with Gasteiger partial charge in [0.1, 0.15) is 11.9 Å². The molecule has 3 rings (SSSR count). The summed E-state index contributed by atoms with van der Waals surface area (Å²) in [4.78, 5) is 55.0. The fourth-order valence-corrected chi connectivity index (χ4v) is 4.67. The minimum absolute atomic E-state index is 0.0185. The Bertz CT molecular complexity index is 932. The second-order valence-corrected chi connectivity index (χ2v) is 9.64. The number of carbonyl (C=O) groups excluding carboxylic acids is 3. The molecule has 0 spiro atoms. The lowest BCUT2D eigenvalue weighted by Crippen LogP contribution is -2.67. The number of likely N-dealkylation sites (tertiary alicyclic amines) is 1. The molecule has 0 unspecified atom stereocenters. The lowest BCUT2D eigenvalue weighted by molar-refractivity contribution is -0.149. The number of hydrogen-bond donors (Lipinski definition) is 1. The van der Waals surface area contributed by atoms with E-state index in [-0.39, 0.29) is 25.3 Å². The van der Waals surface area contributed by atoms with E-state index in [9.17, 15) is 23.6 Å². The van der Waals surface area contributed by atoms with E-state index in [2.05, 4.69) is 0 Å². The van der Waals surface area contributed by atoms with Crippen molar-refractivity contribution in [2.75, 3.05) is 6.54 Å². The largest absolute Gasteiger partial charge is 0.481 e. The second kappa shape index (κ2) is 8.88. The molecule has 2 heterocycles. The van der Waals surface area contributed by atoms with Crippen LogP contribution in [-0.4, -0.2) is 68.3 Å². The molecule has 0 saturated carbocycles. The topological polar surface area (TPSA) is 98.2 Å². The zero-order valence-electron chi connectivity index (χ0n) is 18.9. The molecule has 9 heteroatoms. The highest BCUT2D eigenvalue weighted by Crippen LogP contribution is 2.35. The van der Waals surface area contributed by atoms with Gasteiger partial charge in [0, 0.05) is 25.6 Å². The number of halogens is 1. The van der Waals surface area contributed by atoms with Crippen LogP contribution in [0.1, 0.15) is 52.5 Å². The van der Waals surface area contributed by atoms with Crippen molar-refractivity contribution in [3.05, 3.63) is 35.6 Å². The number of urea groups is 1.